The molecular weight excluding hydrogens is 360 g/mol. The van der Waals surface area contributed by atoms with E-state index >= 15 is 0 Å². The van der Waals surface area contributed by atoms with E-state index in [-0.39, 0.29) is 10.3 Å². The normalized spacial score (nSPS) is 10.4. The summed E-state index contributed by atoms with van der Waals surface area (Å²) in [7, 11) is 0. The number of hydrogen-bond donors (Lipinski definition) is 2. The van der Waals surface area contributed by atoms with E-state index in [9.17, 15) is 13.6 Å². The lowest BCUT2D eigenvalue weighted by molar-refractivity contribution is 0.262. The highest BCUT2D eigenvalue weighted by Gasteiger charge is 2.14. The number of benzene rings is 1. The van der Waals surface area contributed by atoms with Gasteiger partial charge in [-0.3, -0.25) is 5.32 Å². The molecule has 2 amide bonds. The van der Waals surface area contributed by atoms with Crippen LogP contribution in [0.3, 0.4) is 0 Å². The second-order valence-corrected chi connectivity index (χ2v) is 5.84. The van der Waals surface area contributed by atoms with Gasteiger partial charge in [0.1, 0.15) is 33.2 Å². The zero-order valence-corrected chi connectivity index (χ0v) is 13.2. The van der Waals surface area contributed by atoms with Crippen molar-refractivity contribution in [2.45, 2.75) is 0 Å². The van der Waals surface area contributed by atoms with Crippen molar-refractivity contribution < 1.29 is 13.6 Å². The van der Waals surface area contributed by atoms with Crippen LogP contribution in [0.15, 0.2) is 24.3 Å². The maximum Gasteiger partial charge on any atom is 0.325 e. The van der Waals surface area contributed by atoms with Gasteiger partial charge in [0, 0.05) is 6.07 Å². The first kappa shape index (κ1) is 16.0. The van der Waals surface area contributed by atoms with Crippen LogP contribution in [0, 0.1) is 23.0 Å². The van der Waals surface area contributed by atoms with Crippen LogP contribution < -0.4 is 10.6 Å². The second-order valence-electron chi connectivity index (χ2n) is 4.48. The lowest BCUT2D eigenvalue weighted by Crippen LogP contribution is -2.20. The Kier molecular flexibility index (Phi) is 4.24. The number of aromatic nitrogens is 2. The molecule has 6 nitrogen and oxygen atoms in total. The average Bonchev–Trinajstić information content (AvgIpc) is 2.91. The van der Waals surface area contributed by atoms with Gasteiger partial charge < -0.3 is 5.32 Å². The van der Waals surface area contributed by atoms with E-state index in [1.165, 1.54) is 6.07 Å². The molecule has 24 heavy (non-hydrogen) atoms. The van der Waals surface area contributed by atoms with E-state index in [0.717, 1.165) is 17.4 Å². The van der Waals surface area contributed by atoms with Crippen molar-refractivity contribution in [3.05, 3.63) is 46.6 Å². The number of nitrogens with zero attached hydrogens (tertiary/aromatic N) is 3. The molecule has 120 valence electrons. The van der Waals surface area contributed by atoms with E-state index in [4.69, 9.17) is 16.9 Å². The summed E-state index contributed by atoms with van der Waals surface area (Å²) >= 11 is 6.84. The van der Waals surface area contributed by atoms with Crippen LogP contribution in [-0.2, 0) is 0 Å². The third-order valence-corrected chi connectivity index (χ3v) is 3.96. The Morgan fingerprint density at radius 1 is 1.21 bits per heavy atom. The Balaban J connectivity index is 1.77. The predicted molar refractivity (Wildman–Crippen MR) is 86.1 cm³/mol. The molecule has 1 aromatic carbocycles. The molecule has 2 N–H and O–H groups in total. The number of thiazole rings is 1. The number of nitriles is 1. The van der Waals surface area contributed by atoms with Gasteiger partial charge in [0.2, 0.25) is 0 Å². The van der Waals surface area contributed by atoms with E-state index in [2.05, 4.69) is 20.6 Å². The second kappa shape index (κ2) is 6.35. The van der Waals surface area contributed by atoms with Crippen molar-refractivity contribution in [2.75, 3.05) is 10.6 Å². The van der Waals surface area contributed by atoms with E-state index in [0.29, 0.717) is 16.4 Å². The van der Waals surface area contributed by atoms with Crippen LogP contribution in [0.25, 0.3) is 10.3 Å². The zero-order chi connectivity index (χ0) is 17.3. The number of fused-ring (bicyclic) bond motifs is 1. The third kappa shape index (κ3) is 3.24. The summed E-state index contributed by atoms with van der Waals surface area (Å²) in [5, 5.41) is 13.7. The summed E-state index contributed by atoms with van der Waals surface area (Å²) < 4.78 is 27.2. The molecule has 0 aliphatic heterocycles. The molecule has 3 aromatic rings. The quantitative estimate of drug-likeness (QED) is 0.668. The molecule has 10 heteroatoms. The third-order valence-electron chi connectivity index (χ3n) is 2.87. The van der Waals surface area contributed by atoms with Gasteiger partial charge in [-0.1, -0.05) is 22.9 Å². The van der Waals surface area contributed by atoms with Crippen molar-refractivity contribution >= 4 is 50.1 Å². The highest BCUT2D eigenvalue weighted by atomic mass is 35.5. The van der Waals surface area contributed by atoms with Crippen molar-refractivity contribution in [3.8, 4) is 6.07 Å². The summed E-state index contributed by atoms with van der Waals surface area (Å²) in [5.41, 5.74) is -0.311. The van der Waals surface area contributed by atoms with Crippen molar-refractivity contribution in [1.82, 2.24) is 9.97 Å². The molecule has 0 atom stereocenters. The smallest absolute Gasteiger partial charge is 0.305 e. The topological polar surface area (TPSA) is 90.7 Å². The molecule has 2 aromatic heterocycles. The van der Waals surface area contributed by atoms with E-state index < -0.39 is 28.9 Å². The van der Waals surface area contributed by atoms with Gasteiger partial charge in [0.15, 0.2) is 5.13 Å². The molecular formula is C14H6ClF2N5OS. The monoisotopic (exact) mass is 365 g/mol. The molecule has 0 fully saturated rings. The number of nitrogens with one attached hydrogen (secondary N) is 2. The minimum Gasteiger partial charge on any atom is -0.305 e. The number of carbonyl (C=O) groups excluding carboxylic acids is 1. The fourth-order valence-corrected chi connectivity index (χ4v) is 2.86. The molecule has 0 aliphatic rings. The van der Waals surface area contributed by atoms with Gasteiger partial charge in [0.25, 0.3) is 0 Å². The number of anilines is 2. The number of hydrogen-bond acceptors (Lipinski definition) is 5. The summed E-state index contributed by atoms with van der Waals surface area (Å²) in [6.07, 6.45) is 0. The molecule has 2 heterocycles. The fourth-order valence-electron chi connectivity index (χ4n) is 1.83. The first-order chi connectivity index (χ1) is 11.5. The first-order valence-electron chi connectivity index (χ1n) is 6.36. The van der Waals surface area contributed by atoms with E-state index in [1.807, 2.05) is 0 Å². The number of pyridine rings is 1. The number of halogens is 3. The van der Waals surface area contributed by atoms with Gasteiger partial charge in [-0.2, -0.15) is 5.26 Å². The SMILES string of the molecule is N#Cc1cc(F)c(NC(=O)Nc2nc3ccc(Cl)nc3s2)cc1F. The minimum atomic E-state index is -0.937. The van der Waals surface area contributed by atoms with Crippen molar-refractivity contribution in [1.29, 1.82) is 5.26 Å². The Morgan fingerprint density at radius 3 is 2.75 bits per heavy atom. The number of amides is 2. The highest BCUT2D eigenvalue weighted by molar-refractivity contribution is 7.22. The van der Waals surface area contributed by atoms with Crippen LogP contribution in [0.1, 0.15) is 5.56 Å². The van der Waals surface area contributed by atoms with E-state index in [1.54, 1.807) is 12.1 Å². The van der Waals surface area contributed by atoms with Crippen LogP contribution >= 0.6 is 22.9 Å². The summed E-state index contributed by atoms with van der Waals surface area (Å²) in [6, 6.07) is 5.32. The van der Waals surface area contributed by atoms with Gasteiger partial charge in [-0.25, -0.2) is 23.5 Å². The van der Waals surface area contributed by atoms with Gasteiger partial charge >= 0.3 is 6.03 Å². The molecule has 0 saturated carbocycles. The maximum absolute atomic E-state index is 13.7. The Bertz CT molecular complexity index is 1000. The van der Waals surface area contributed by atoms with Gasteiger partial charge in [-0.05, 0) is 18.2 Å². The van der Waals surface area contributed by atoms with Crippen LogP contribution in [0.5, 0.6) is 0 Å². The number of carbonyl (C=O) groups is 1. The molecule has 0 saturated heterocycles. The van der Waals surface area contributed by atoms with Crippen LogP contribution in [0.2, 0.25) is 5.15 Å². The summed E-state index contributed by atoms with van der Waals surface area (Å²) in [6.45, 7) is 0. The molecule has 0 spiro atoms. The largest absolute Gasteiger partial charge is 0.325 e. The average molecular weight is 366 g/mol. The standard InChI is InChI=1S/C14H6ClF2N5OS/c15-11-2-1-9-12(21-11)24-14(20-9)22-13(23)19-10-4-7(16)6(5-18)3-8(10)17/h1-4H,(H2,19,20,22,23). The minimum absolute atomic E-state index is 0.215. The molecule has 3 rings (SSSR count). The van der Waals surface area contributed by atoms with Crippen molar-refractivity contribution in [3.63, 3.8) is 0 Å². The van der Waals surface area contributed by atoms with Gasteiger partial charge in [-0.15, -0.1) is 0 Å². The van der Waals surface area contributed by atoms with Gasteiger partial charge in [0.05, 0.1) is 11.3 Å². The fraction of sp³-hybridized carbons (Fsp3) is 0. The predicted octanol–water partition coefficient (Wildman–Crippen LogP) is 4.14. The maximum atomic E-state index is 13.7. The lowest BCUT2D eigenvalue weighted by atomic mass is 10.2. The lowest BCUT2D eigenvalue weighted by Gasteiger charge is -2.07. The first-order valence-corrected chi connectivity index (χ1v) is 7.56. The Hall–Kier alpha value is -2.83. The highest BCUT2D eigenvalue weighted by Crippen LogP contribution is 2.26. The Labute approximate surface area is 142 Å². The molecule has 0 aliphatic carbocycles. The Morgan fingerprint density at radius 2 is 2.00 bits per heavy atom. The number of urea groups is 1. The molecule has 0 bridgehead atoms. The molecule has 0 unspecified atom stereocenters. The van der Waals surface area contributed by atoms with Crippen molar-refractivity contribution in [2.24, 2.45) is 0 Å². The number of rotatable bonds is 2. The summed E-state index contributed by atoms with van der Waals surface area (Å²) in [4.78, 5) is 20.6. The zero-order valence-electron chi connectivity index (χ0n) is 11.6. The van der Waals surface area contributed by atoms with Crippen LogP contribution in [0.4, 0.5) is 24.4 Å². The molecule has 0 radical (unpaired) electrons. The summed E-state index contributed by atoms with van der Waals surface area (Å²) in [5.74, 6) is -1.87. The van der Waals surface area contributed by atoms with Crippen LogP contribution in [-0.4, -0.2) is 16.0 Å².